The predicted molar refractivity (Wildman–Crippen MR) is 124 cm³/mol. The Morgan fingerprint density at radius 3 is 2.31 bits per heavy atom. The standard InChI is InChI=1S/C25H30N2O5/c1-6-7-14-27-22(16-8-10-17(11-9-16)26(2)3)21(24(29)25(27)30)23(28)19-13-12-18(31-4)15-20(19)32-5/h8-13,15,22,28H,6-7,14H2,1-5H3/b23-21-. The van der Waals surface area contributed by atoms with Gasteiger partial charge < -0.3 is 24.4 Å². The van der Waals surface area contributed by atoms with Gasteiger partial charge in [-0.2, -0.15) is 0 Å². The first-order chi connectivity index (χ1) is 15.3. The van der Waals surface area contributed by atoms with Gasteiger partial charge in [-0.3, -0.25) is 9.59 Å². The van der Waals surface area contributed by atoms with Gasteiger partial charge in [0.2, 0.25) is 0 Å². The minimum atomic E-state index is -0.696. The van der Waals surface area contributed by atoms with E-state index < -0.39 is 17.7 Å². The number of hydrogen-bond donors (Lipinski definition) is 1. The Labute approximate surface area is 188 Å². The maximum absolute atomic E-state index is 13.1. The van der Waals surface area contributed by atoms with Gasteiger partial charge in [0, 0.05) is 32.4 Å². The molecule has 0 spiro atoms. The number of ketones is 1. The number of amides is 1. The van der Waals surface area contributed by atoms with Crippen LogP contribution in [0.3, 0.4) is 0 Å². The van der Waals surface area contributed by atoms with Crippen LogP contribution in [0.4, 0.5) is 5.69 Å². The highest BCUT2D eigenvalue weighted by Gasteiger charge is 2.46. The molecule has 0 radical (unpaired) electrons. The molecule has 1 fully saturated rings. The highest BCUT2D eigenvalue weighted by molar-refractivity contribution is 6.46. The summed E-state index contributed by atoms with van der Waals surface area (Å²) in [5, 5.41) is 11.3. The second-order valence-electron chi connectivity index (χ2n) is 7.90. The number of methoxy groups -OCH3 is 2. The Morgan fingerprint density at radius 2 is 1.75 bits per heavy atom. The molecule has 2 aromatic rings. The van der Waals surface area contributed by atoms with Crippen LogP contribution in [0.2, 0.25) is 0 Å². The summed E-state index contributed by atoms with van der Waals surface area (Å²) in [6, 6.07) is 11.9. The average molecular weight is 439 g/mol. The SMILES string of the molecule is CCCCN1C(=O)C(=O)/C(=C(\O)c2ccc(OC)cc2OC)C1c1ccc(N(C)C)cc1. The molecule has 32 heavy (non-hydrogen) atoms. The molecule has 7 nitrogen and oxygen atoms in total. The Balaban J connectivity index is 2.18. The number of unbranched alkanes of at least 4 members (excludes halogenated alkanes) is 1. The fourth-order valence-corrected chi connectivity index (χ4v) is 3.88. The van der Waals surface area contributed by atoms with Crippen molar-refractivity contribution in [3.05, 3.63) is 59.2 Å². The molecule has 170 valence electrons. The van der Waals surface area contributed by atoms with Crippen LogP contribution in [0.25, 0.3) is 5.76 Å². The summed E-state index contributed by atoms with van der Waals surface area (Å²) in [7, 11) is 6.89. The molecule has 1 N–H and O–H groups in total. The quantitative estimate of drug-likeness (QED) is 0.381. The highest BCUT2D eigenvalue weighted by atomic mass is 16.5. The fourth-order valence-electron chi connectivity index (χ4n) is 3.88. The number of benzene rings is 2. The molecule has 3 rings (SSSR count). The normalized spacial score (nSPS) is 17.5. The van der Waals surface area contributed by atoms with Gasteiger partial charge in [-0.15, -0.1) is 0 Å². The monoisotopic (exact) mass is 438 g/mol. The molecule has 1 saturated heterocycles. The van der Waals surface area contributed by atoms with Crippen LogP contribution in [-0.4, -0.2) is 56.6 Å². The maximum atomic E-state index is 13.1. The smallest absolute Gasteiger partial charge is 0.295 e. The van der Waals surface area contributed by atoms with Gasteiger partial charge in [0.15, 0.2) is 0 Å². The van der Waals surface area contributed by atoms with E-state index in [1.807, 2.05) is 50.2 Å². The molecule has 7 heteroatoms. The third-order valence-electron chi connectivity index (χ3n) is 5.68. The van der Waals surface area contributed by atoms with Crippen LogP contribution in [0, 0.1) is 0 Å². The first-order valence-electron chi connectivity index (χ1n) is 10.6. The van der Waals surface area contributed by atoms with E-state index in [0.29, 0.717) is 23.6 Å². The van der Waals surface area contributed by atoms with E-state index in [1.54, 1.807) is 23.1 Å². The average Bonchev–Trinajstić information content (AvgIpc) is 3.06. The van der Waals surface area contributed by atoms with Crippen molar-refractivity contribution in [3.8, 4) is 11.5 Å². The van der Waals surface area contributed by atoms with Crippen molar-refractivity contribution in [3.63, 3.8) is 0 Å². The van der Waals surface area contributed by atoms with Crippen LogP contribution in [0.5, 0.6) is 11.5 Å². The van der Waals surface area contributed by atoms with E-state index in [9.17, 15) is 14.7 Å². The summed E-state index contributed by atoms with van der Waals surface area (Å²) in [4.78, 5) is 29.6. The number of Topliss-reactive ketones (excluding diaryl/α,β-unsaturated/α-hetero) is 1. The third-order valence-corrected chi connectivity index (χ3v) is 5.68. The molecule has 0 aliphatic carbocycles. The molecule has 1 aliphatic rings. The number of likely N-dealkylation sites (tertiary alicyclic amines) is 1. The Morgan fingerprint density at radius 1 is 1.06 bits per heavy atom. The van der Waals surface area contributed by atoms with Gasteiger partial charge in [0.05, 0.1) is 31.4 Å². The second kappa shape index (κ2) is 9.77. The number of nitrogens with zero attached hydrogens (tertiary/aromatic N) is 2. The number of anilines is 1. The predicted octanol–water partition coefficient (Wildman–Crippen LogP) is 3.99. The lowest BCUT2D eigenvalue weighted by Gasteiger charge is -2.26. The van der Waals surface area contributed by atoms with Crippen LogP contribution >= 0.6 is 0 Å². The molecular formula is C25H30N2O5. The summed E-state index contributed by atoms with van der Waals surface area (Å²) in [5.41, 5.74) is 2.15. The van der Waals surface area contributed by atoms with Crippen molar-refractivity contribution in [2.45, 2.75) is 25.8 Å². The molecular weight excluding hydrogens is 408 g/mol. The molecule has 1 amide bonds. The Bertz CT molecular complexity index is 1030. The largest absolute Gasteiger partial charge is 0.507 e. The number of carbonyl (C=O) groups is 2. The summed E-state index contributed by atoms with van der Waals surface area (Å²) in [6.07, 6.45) is 1.63. The van der Waals surface area contributed by atoms with E-state index in [0.717, 1.165) is 24.1 Å². The van der Waals surface area contributed by atoms with Crippen molar-refractivity contribution < 1.29 is 24.2 Å². The lowest BCUT2D eigenvalue weighted by Crippen LogP contribution is -2.30. The van der Waals surface area contributed by atoms with Crippen LogP contribution in [-0.2, 0) is 9.59 Å². The molecule has 2 aromatic carbocycles. The van der Waals surface area contributed by atoms with Gasteiger partial charge in [0.25, 0.3) is 11.7 Å². The first kappa shape index (κ1) is 23.2. The number of ether oxygens (including phenoxy) is 2. The summed E-state index contributed by atoms with van der Waals surface area (Å²) < 4.78 is 10.6. The maximum Gasteiger partial charge on any atom is 0.295 e. The number of carbonyl (C=O) groups excluding carboxylic acids is 2. The molecule has 0 saturated carbocycles. The van der Waals surface area contributed by atoms with E-state index in [1.165, 1.54) is 14.2 Å². The summed E-state index contributed by atoms with van der Waals surface area (Å²) in [5.74, 6) is -0.656. The first-order valence-corrected chi connectivity index (χ1v) is 10.6. The molecule has 0 aromatic heterocycles. The lowest BCUT2D eigenvalue weighted by atomic mass is 9.94. The van der Waals surface area contributed by atoms with E-state index in [4.69, 9.17) is 9.47 Å². The number of rotatable bonds is 8. The van der Waals surface area contributed by atoms with Crippen LogP contribution < -0.4 is 14.4 Å². The zero-order chi connectivity index (χ0) is 23.4. The summed E-state index contributed by atoms with van der Waals surface area (Å²) in [6.45, 7) is 2.46. The zero-order valence-corrected chi connectivity index (χ0v) is 19.2. The minimum Gasteiger partial charge on any atom is -0.507 e. The Kier molecular flexibility index (Phi) is 7.08. The van der Waals surface area contributed by atoms with Crippen molar-refractivity contribution in [1.29, 1.82) is 0 Å². The highest BCUT2D eigenvalue weighted by Crippen LogP contribution is 2.41. The molecule has 0 bridgehead atoms. The van der Waals surface area contributed by atoms with Crippen molar-refractivity contribution in [2.24, 2.45) is 0 Å². The van der Waals surface area contributed by atoms with Crippen molar-refractivity contribution in [2.75, 3.05) is 39.8 Å². The number of aliphatic hydroxyl groups is 1. The number of aliphatic hydroxyl groups excluding tert-OH is 1. The molecule has 1 unspecified atom stereocenters. The van der Waals surface area contributed by atoms with Crippen LogP contribution in [0.15, 0.2) is 48.0 Å². The fraction of sp³-hybridized carbons (Fsp3) is 0.360. The minimum absolute atomic E-state index is 0.0622. The molecule has 1 atom stereocenters. The molecule has 1 aliphatic heterocycles. The third kappa shape index (κ3) is 4.28. The Hall–Kier alpha value is -3.48. The lowest BCUT2D eigenvalue weighted by molar-refractivity contribution is -0.139. The van der Waals surface area contributed by atoms with Gasteiger partial charge in [-0.1, -0.05) is 25.5 Å². The van der Waals surface area contributed by atoms with Gasteiger partial charge in [-0.05, 0) is 36.2 Å². The second-order valence-corrected chi connectivity index (χ2v) is 7.90. The number of hydrogen-bond acceptors (Lipinski definition) is 6. The van der Waals surface area contributed by atoms with Gasteiger partial charge >= 0.3 is 0 Å². The zero-order valence-electron chi connectivity index (χ0n) is 19.2. The van der Waals surface area contributed by atoms with Crippen LogP contribution in [0.1, 0.15) is 36.9 Å². The van der Waals surface area contributed by atoms with E-state index in [-0.39, 0.29) is 11.3 Å². The van der Waals surface area contributed by atoms with E-state index in [2.05, 4.69) is 0 Å². The van der Waals surface area contributed by atoms with Crippen molar-refractivity contribution in [1.82, 2.24) is 4.90 Å². The van der Waals surface area contributed by atoms with Crippen molar-refractivity contribution >= 4 is 23.1 Å². The molecule has 1 heterocycles. The van der Waals surface area contributed by atoms with Gasteiger partial charge in [0.1, 0.15) is 17.3 Å². The topological polar surface area (TPSA) is 79.3 Å². The summed E-state index contributed by atoms with van der Waals surface area (Å²) >= 11 is 0. The van der Waals surface area contributed by atoms with E-state index >= 15 is 0 Å². The van der Waals surface area contributed by atoms with Gasteiger partial charge in [-0.25, -0.2) is 0 Å².